The number of fused-ring (bicyclic) bond motifs is 1. The topological polar surface area (TPSA) is 91.0 Å². The number of nitriles is 1. The largest absolute Gasteiger partial charge is 0.350 e. The summed E-state index contributed by atoms with van der Waals surface area (Å²) in [6.45, 7) is 5.82. The first-order valence-corrected chi connectivity index (χ1v) is 12.5. The number of aromatic nitrogens is 2. The molecule has 4 rings (SSSR count). The minimum absolute atomic E-state index is 0.142. The molecule has 2 aromatic heterocycles. The number of piperidine rings is 1. The van der Waals surface area contributed by atoms with Gasteiger partial charge in [0.2, 0.25) is 5.91 Å². The highest BCUT2D eigenvalue weighted by Crippen LogP contribution is 2.36. The van der Waals surface area contributed by atoms with E-state index in [1.165, 1.54) is 17.8 Å². The second kappa shape index (κ2) is 10.7. The highest BCUT2D eigenvalue weighted by molar-refractivity contribution is 6.04. The summed E-state index contributed by atoms with van der Waals surface area (Å²) in [5.74, 6) is 0.477. The van der Waals surface area contributed by atoms with Gasteiger partial charge < -0.3 is 14.8 Å². The smallest absolute Gasteiger partial charge is 0.274 e. The molecule has 3 aromatic rings. The first kappa shape index (κ1) is 24.5. The van der Waals surface area contributed by atoms with Crippen molar-refractivity contribution in [1.82, 2.24) is 14.5 Å². The van der Waals surface area contributed by atoms with Gasteiger partial charge in [0, 0.05) is 55.0 Å². The van der Waals surface area contributed by atoms with E-state index in [4.69, 9.17) is 5.26 Å². The van der Waals surface area contributed by atoms with Crippen LogP contribution in [0.15, 0.2) is 42.7 Å². The molecule has 1 unspecified atom stereocenters. The van der Waals surface area contributed by atoms with Gasteiger partial charge in [0.15, 0.2) is 0 Å². The minimum atomic E-state index is -0.344. The monoisotopic (exact) mass is 471 g/mol. The lowest BCUT2D eigenvalue weighted by Crippen LogP contribution is -2.41. The molecule has 7 heteroatoms. The van der Waals surface area contributed by atoms with Crippen molar-refractivity contribution >= 4 is 28.4 Å². The van der Waals surface area contributed by atoms with Crippen LogP contribution in [0.25, 0.3) is 10.9 Å². The lowest BCUT2D eigenvalue weighted by atomic mass is 9.88. The number of amides is 2. The Morgan fingerprint density at radius 1 is 1.20 bits per heavy atom. The summed E-state index contributed by atoms with van der Waals surface area (Å²) in [5, 5.41) is 13.1. The third-order valence-corrected chi connectivity index (χ3v) is 7.13. The summed E-state index contributed by atoms with van der Waals surface area (Å²) in [7, 11) is 2.04. The number of hydrogen-bond acceptors (Lipinski definition) is 4. The molecule has 1 N–H and O–H groups in total. The molecular weight excluding hydrogens is 438 g/mol. The second-order valence-corrected chi connectivity index (χ2v) is 9.42. The molecule has 0 aliphatic carbocycles. The fraction of sp³-hybridized carbons (Fsp3) is 0.429. The highest BCUT2D eigenvalue weighted by Gasteiger charge is 2.29. The van der Waals surface area contributed by atoms with Gasteiger partial charge in [-0.25, -0.2) is 0 Å². The maximum Gasteiger partial charge on any atom is 0.274 e. The Kier molecular flexibility index (Phi) is 7.50. The van der Waals surface area contributed by atoms with Crippen LogP contribution >= 0.6 is 0 Å². The average Bonchev–Trinajstić information content (AvgIpc) is 3.22. The van der Waals surface area contributed by atoms with Crippen LogP contribution in [0.2, 0.25) is 0 Å². The normalized spacial score (nSPS) is 15.1. The molecule has 1 fully saturated rings. The number of pyridine rings is 1. The number of likely N-dealkylation sites (tertiary alicyclic amines) is 1. The Morgan fingerprint density at radius 2 is 1.97 bits per heavy atom. The molecule has 3 heterocycles. The first-order chi connectivity index (χ1) is 16.9. The molecule has 1 aliphatic heterocycles. The maximum atomic E-state index is 12.9. The zero-order chi connectivity index (χ0) is 24.9. The standard InChI is InChI=1S/C28H33N5O2/c1-4-6-20(5-2)28(35)33-13-10-21(11-14-33)24-18-32(3)26-8-7-22(16-23(24)26)31-27(34)25-15-19(17-29)9-12-30-25/h7-9,12,15-16,18,20-21H,4-6,10-11,13-14H2,1-3H3,(H,31,34). The quantitative estimate of drug-likeness (QED) is 0.511. The fourth-order valence-corrected chi connectivity index (χ4v) is 5.16. The number of carbonyl (C=O) groups is 2. The van der Waals surface area contributed by atoms with Gasteiger partial charge >= 0.3 is 0 Å². The van der Waals surface area contributed by atoms with Crippen molar-refractivity contribution in [2.24, 2.45) is 13.0 Å². The van der Waals surface area contributed by atoms with Crippen LogP contribution in [0.1, 0.15) is 73.5 Å². The molecule has 7 nitrogen and oxygen atoms in total. The maximum absolute atomic E-state index is 12.9. The van der Waals surface area contributed by atoms with E-state index in [-0.39, 0.29) is 17.5 Å². The summed E-state index contributed by atoms with van der Waals surface area (Å²) in [6.07, 6.45) is 8.43. The predicted molar refractivity (Wildman–Crippen MR) is 137 cm³/mol. The van der Waals surface area contributed by atoms with Crippen LogP contribution in [0.4, 0.5) is 5.69 Å². The summed E-state index contributed by atoms with van der Waals surface area (Å²) < 4.78 is 2.13. The molecule has 1 aliphatic rings. The van der Waals surface area contributed by atoms with Gasteiger partial charge in [0.05, 0.1) is 11.6 Å². The van der Waals surface area contributed by atoms with Gasteiger partial charge in [-0.05, 0) is 67.5 Å². The van der Waals surface area contributed by atoms with Crippen molar-refractivity contribution < 1.29 is 9.59 Å². The number of rotatable bonds is 7. The molecule has 0 radical (unpaired) electrons. The van der Waals surface area contributed by atoms with Crippen LogP contribution < -0.4 is 5.32 Å². The Labute approximate surface area is 206 Å². The number of anilines is 1. The Balaban J connectivity index is 1.50. The van der Waals surface area contributed by atoms with Crippen LogP contribution in [0, 0.1) is 17.2 Å². The zero-order valence-corrected chi connectivity index (χ0v) is 20.8. The predicted octanol–water partition coefficient (Wildman–Crippen LogP) is 5.23. The summed E-state index contributed by atoms with van der Waals surface area (Å²) in [5.41, 5.74) is 3.67. The van der Waals surface area contributed by atoms with E-state index in [0.717, 1.165) is 56.1 Å². The molecule has 35 heavy (non-hydrogen) atoms. The van der Waals surface area contributed by atoms with Crippen molar-refractivity contribution in [3.05, 3.63) is 59.5 Å². The van der Waals surface area contributed by atoms with Gasteiger partial charge in [-0.3, -0.25) is 14.6 Å². The Bertz CT molecular complexity index is 1260. The summed E-state index contributed by atoms with van der Waals surface area (Å²) >= 11 is 0. The van der Waals surface area contributed by atoms with E-state index < -0.39 is 0 Å². The van der Waals surface area contributed by atoms with E-state index in [2.05, 4.69) is 39.8 Å². The molecule has 2 amide bonds. The fourth-order valence-electron chi connectivity index (χ4n) is 5.16. The average molecular weight is 472 g/mol. The highest BCUT2D eigenvalue weighted by atomic mass is 16.2. The molecule has 182 valence electrons. The van der Waals surface area contributed by atoms with Crippen molar-refractivity contribution in [2.45, 2.75) is 51.9 Å². The van der Waals surface area contributed by atoms with E-state index in [0.29, 0.717) is 23.1 Å². The van der Waals surface area contributed by atoms with E-state index in [9.17, 15) is 9.59 Å². The van der Waals surface area contributed by atoms with Crippen LogP contribution in [0.3, 0.4) is 0 Å². The van der Waals surface area contributed by atoms with Crippen LogP contribution in [-0.2, 0) is 11.8 Å². The number of aryl methyl sites for hydroxylation is 1. The van der Waals surface area contributed by atoms with Crippen molar-refractivity contribution in [3.8, 4) is 6.07 Å². The molecule has 1 saturated heterocycles. The van der Waals surface area contributed by atoms with Crippen LogP contribution in [0.5, 0.6) is 0 Å². The molecule has 1 aromatic carbocycles. The van der Waals surface area contributed by atoms with E-state index >= 15 is 0 Å². The third-order valence-electron chi connectivity index (χ3n) is 7.13. The van der Waals surface area contributed by atoms with Gasteiger partial charge in [0.1, 0.15) is 5.69 Å². The molecule has 0 saturated carbocycles. The Morgan fingerprint density at radius 3 is 2.66 bits per heavy atom. The molecule has 0 spiro atoms. The van der Waals surface area contributed by atoms with Gasteiger partial charge in [-0.15, -0.1) is 0 Å². The number of nitrogens with zero attached hydrogens (tertiary/aromatic N) is 4. The van der Waals surface area contributed by atoms with Gasteiger partial charge in [-0.1, -0.05) is 20.3 Å². The van der Waals surface area contributed by atoms with E-state index in [1.807, 2.05) is 31.3 Å². The Hall–Kier alpha value is -3.66. The summed E-state index contributed by atoms with van der Waals surface area (Å²) in [4.78, 5) is 31.8. The third kappa shape index (κ3) is 5.22. The SMILES string of the molecule is CCCC(CC)C(=O)N1CCC(c2cn(C)c3ccc(NC(=O)c4cc(C#N)ccn4)cc23)CC1. The zero-order valence-electron chi connectivity index (χ0n) is 20.8. The second-order valence-electron chi connectivity index (χ2n) is 9.42. The number of hydrogen-bond donors (Lipinski definition) is 1. The lowest BCUT2D eigenvalue weighted by molar-refractivity contribution is -0.137. The number of nitrogens with one attached hydrogen (secondary N) is 1. The van der Waals surface area contributed by atoms with Crippen molar-refractivity contribution in [1.29, 1.82) is 5.26 Å². The van der Waals surface area contributed by atoms with Gasteiger partial charge in [-0.2, -0.15) is 5.26 Å². The molecular formula is C28H33N5O2. The summed E-state index contributed by atoms with van der Waals surface area (Å²) in [6, 6.07) is 11.0. The number of benzene rings is 1. The van der Waals surface area contributed by atoms with Crippen LogP contribution in [-0.4, -0.2) is 39.4 Å². The first-order valence-electron chi connectivity index (χ1n) is 12.5. The minimum Gasteiger partial charge on any atom is -0.350 e. The molecule has 1 atom stereocenters. The van der Waals surface area contributed by atoms with E-state index in [1.54, 1.807) is 6.07 Å². The molecule has 0 bridgehead atoms. The van der Waals surface area contributed by atoms with Gasteiger partial charge in [0.25, 0.3) is 5.91 Å². The van der Waals surface area contributed by atoms with Crippen molar-refractivity contribution in [3.63, 3.8) is 0 Å². The lowest BCUT2D eigenvalue weighted by Gasteiger charge is -2.34. The van der Waals surface area contributed by atoms with Crippen molar-refractivity contribution in [2.75, 3.05) is 18.4 Å². The number of carbonyl (C=O) groups excluding carboxylic acids is 2.